The van der Waals surface area contributed by atoms with Gasteiger partial charge in [-0.3, -0.25) is 4.79 Å². The molecule has 1 aliphatic rings. The summed E-state index contributed by atoms with van der Waals surface area (Å²) in [4.78, 5) is 11.1. The molecule has 1 nitrogen and oxygen atoms in total. The van der Waals surface area contributed by atoms with Crippen LogP contribution in [0.25, 0.3) is 11.1 Å². The van der Waals surface area contributed by atoms with Gasteiger partial charge in [-0.25, -0.2) is 0 Å². The van der Waals surface area contributed by atoms with E-state index in [-0.39, 0.29) is 0 Å². The molecule has 2 heteroatoms. The fourth-order valence-corrected chi connectivity index (χ4v) is 3.99. The summed E-state index contributed by atoms with van der Waals surface area (Å²) in [5.41, 5.74) is 7.06. The summed E-state index contributed by atoms with van der Waals surface area (Å²) in [6, 6.07) is 27.2. The van der Waals surface area contributed by atoms with Gasteiger partial charge in [0, 0.05) is 10.0 Å². The van der Waals surface area contributed by atoms with Crippen molar-refractivity contribution in [1.29, 1.82) is 0 Å². The van der Waals surface area contributed by atoms with Gasteiger partial charge in [0.15, 0.2) is 0 Å². The number of benzene rings is 3. The summed E-state index contributed by atoms with van der Waals surface area (Å²) in [7, 11) is 0. The molecule has 1 aliphatic carbocycles. The highest BCUT2D eigenvalue weighted by Crippen LogP contribution is 2.45. The van der Waals surface area contributed by atoms with Crippen molar-refractivity contribution < 1.29 is 4.79 Å². The highest BCUT2D eigenvalue weighted by molar-refractivity contribution is 9.10. The van der Waals surface area contributed by atoms with Gasteiger partial charge < -0.3 is 0 Å². The van der Waals surface area contributed by atoms with Crippen molar-refractivity contribution in [2.75, 3.05) is 0 Å². The van der Waals surface area contributed by atoms with Crippen molar-refractivity contribution in [3.8, 4) is 0 Å². The Balaban J connectivity index is 1.97. The molecular formula is C25H21BrO. The molecule has 0 spiro atoms. The lowest BCUT2D eigenvalue weighted by Gasteiger charge is -2.31. The lowest BCUT2D eigenvalue weighted by Crippen LogP contribution is -2.15. The maximum absolute atomic E-state index is 11.1. The van der Waals surface area contributed by atoms with E-state index in [1.165, 1.54) is 41.5 Å². The average molecular weight is 417 g/mol. The van der Waals surface area contributed by atoms with Crippen LogP contribution in [-0.4, -0.2) is 6.29 Å². The summed E-state index contributed by atoms with van der Waals surface area (Å²) in [6.07, 6.45) is 4.66. The molecular weight excluding hydrogens is 396 g/mol. The van der Waals surface area contributed by atoms with E-state index in [1.807, 2.05) is 12.1 Å². The van der Waals surface area contributed by atoms with Crippen LogP contribution in [0.4, 0.5) is 0 Å². The zero-order valence-corrected chi connectivity index (χ0v) is 16.7. The molecule has 0 aliphatic heterocycles. The summed E-state index contributed by atoms with van der Waals surface area (Å²) in [5.74, 6) is 0.580. The van der Waals surface area contributed by atoms with E-state index in [0.29, 0.717) is 11.5 Å². The number of carbonyl (C=O) groups is 1. The normalized spacial score (nSPS) is 15.0. The van der Waals surface area contributed by atoms with E-state index in [4.69, 9.17) is 0 Å². The van der Waals surface area contributed by atoms with Crippen molar-refractivity contribution in [3.05, 3.63) is 106 Å². The molecule has 1 fully saturated rings. The monoisotopic (exact) mass is 416 g/mol. The van der Waals surface area contributed by atoms with E-state index < -0.39 is 0 Å². The number of carbonyl (C=O) groups excluding carboxylic acids is 1. The van der Waals surface area contributed by atoms with E-state index in [2.05, 4.69) is 82.7 Å². The minimum atomic E-state index is 0.580. The first-order valence-corrected chi connectivity index (χ1v) is 10.2. The average Bonchev–Trinajstić information content (AvgIpc) is 2.68. The second-order valence-corrected chi connectivity index (χ2v) is 7.94. The smallest absolute Gasteiger partial charge is 0.150 e. The first-order chi connectivity index (χ1) is 13.3. The molecule has 3 aromatic carbocycles. The summed E-state index contributed by atoms with van der Waals surface area (Å²) >= 11 is 3.55. The van der Waals surface area contributed by atoms with E-state index in [1.54, 1.807) is 0 Å². The number of allylic oxidation sites excluding steroid dienone is 1. The summed E-state index contributed by atoms with van der Waals surface area (Å²) in [6.45, 7) is 0. The maximum atomic E-state index is 11.1. The highest BCUT2D eigenvalue weighted by Gasteiger charge is 2.27. The molecule has 0 saturated heterocycles. The van der Waals surface area contributed by atoms with Crippen molar-refractivity contribution in [3.63, 3.8) is 0 Å². The molecule has 1 saturated carbocycles. The van der Waals surface area contributed by atoms with Gasteiger partial charge in [-0.2, -0.15) is 0 Å². The molecule has 0 aromatic heterocycles. The van der Waals surface area contributed by atoms with Crippen molar-refractivity contribution in [2.24, 2.45) is 5.92 Å². The quantitative estimate of drug-likeness (QED) is 0.322. The predicted molar refractivity (Wildman–Crippen MR) is 116 cm³/mol. The number of hydrogen-bond donors (Lipinski definition) is 0. The molecule has 0 atom stereocenters. The minimum absolute atomic E-state index is 0.580. The third-order valence-corrected chi connectivity index (χ3v) is 5.86. The van der Waals surface area contributed by atoms with Gasteiger partial charge in [0.2, 0.25) is 0 Å². The Hall–Kier alpha value is -2.45. The molecule has 0 bridgehead atoms. The lowest BCUT2D eigenvalue weighted by molar-refractivity contribution is 0.112. The second kappa shape index (κ2) is 8.06. The van der Waals surface area contributed by atoms with Crippen LogP contribution in [0.2, 0.25) is 0 Å². The number of aldehydes is 1. The highest BCUT2D eigenvalue weighted by atomic mass is 79.9. The van der Waals surface area contributed by atoms with Gasteiger partial charge in [0.25, 0.3) is 0 Å². The topological polar surface area (TPSA) is 17.1 Å². The fraction of sp³-hybridized carbons (Fsp3) is 0.160. The van der Waals surface area contributed by atoms with Crippen LogP contribution in [0.15, 0.2) is 83.3 Å². The van der Waals surface area contributed by atoms with E-state index in [9.17, 15) is 4.79 Å². The third-order valence-electron chi connectivity index (χ3n) is 5.34. The molecule has 4 rings (SSSR count). The summed E-state index contributed by atoms with van der Waals surface area (Å²) < 4.78 is 1.08. The molecule has 27 heavy (non-hydrogen) atoms. The first-order valence-electron chi connectivity index (χ1n) is 9.37. The van der Waals surface area contributed by atoms with Gasteiger partial charge in [-0.1, -0.05) is 89.1 Å². The van der Waals surface area contributed by atoms with Crippen LogP contribution < -0.4 is 0 Å². The van der Waals surface area contributed by atoms with E-state index >= 15 is 0 Å². The van der Waals surface area contributed by atoms with E-state index in [0.717, 1.165) is 16.3 Å². The molecule has 0 amide bonds. The Morgan fingerprint density at radius 1 is 0.778 bits per heavy atom. The van der Waals surface area contributed by atoms with Gasteiger partial charge in [-0.05, 0) is 58.7 Å². The minimum Gasteiger partial charge on any atom is -0.298 e. The Kier molecular flexibility index (Phi) is 5.35. The van der Waals surface area contributed by atoms with Gasteiger partial charge in [0.05, 0.1) is 0 Å². The number of rotatable bonds is 5. The first kappa shape index (κ1) is 17.9. The number of halogens is 1. The summed E-state index contributed by atoms with van der Waals surface area (Å²) in [5, 5.41) is 0. The Morgan fingerprint density at radius 2 is 1.37 bits per heavy atom. The number of hydrogen-bond acceptors (Lipinski definition) is 1. The molecule has 3 aromatic rings. The van der Waals surface area contributed by atoms with Gasteiger partial charge in [0.1, 0.15) is 6.29 Å². The van der Waals surface area contributed by atoms with Crippen molar-refractivity contribution in [2.45, 2.75) is 19.3 Å². The van der Waals surface area contributed by atoms with Crippen LogP contribution >= 0.6 is 15.9 Å². The SMILES string of the molecule is O=Cc1ccc(/C(=C(\c2ccccc2)C2CCC2)c2ccc(Br)cc2)cc1. The van der Waals surface area contributed by atoms with Crippen LogP contribution in [0, 0.1) is 5.92 Å². The zero-order chi connectivity index (χ0) is 18.6. The van der Waals surface area contributed by atoms with Crippen LogP contribution in [0.1, 0.15) is 46.3 Å². The maximum Gasteiger partial charge on any atom is 0.150 e. The van der Waals surface area contributed by atoms with Crippen LogP contribution in [0.3, 0.4) is 0 Å². The predicted octanol–water partition coefficient (Wildman–Crippen LogP) is 7.02. The third kappa shape index (κ3) is 3.81. The van der Waals surface area contributed by atoms with Gasteiger partial charge >= 0.3 is 0 Å². The zero-order valence-electron chi connectivity index (χ0n) is 15.1. The Bertz CT molecular complexity index is 949. The molecule has 0 unspecified atom stereocenters. The fourth-order valence-electron chi connectivity index (χ4n) is 3.72. The van der Waals surface area contributed by atoms with Crippen molar-refractivity contribution in [1.82, 2.24) is 0 Å². The van der Waals surface area contributed by atoms with Crippen LogP contribution in [0.5, 0.6) is 0 Å². The molecule has 134 valence electrons. The standard InChI is InChI=1S/C25H21BrO/c26-23-15-13-22(14-16-23)25(21-11-9-18(17-27)10-12-21)24(20-7-4-8-20)19-5-2-1-3-6-19/h1-3,5-6,9-17,20H,4,7-8H2/b25-24-. The van der Waals surface area contributed by atoms with Crippen molar-refractivity contribution >= 4 is 33.4 Å². The lowest BCUT2D eigenvalue weighted by atomic mass is 9.73. The Labute approximate surface area is 168 Å². The Morgan fingerprint density at radius 3 is 1.89 bits per heavy atom. The molecule has 0 heterocycles. The van der Waals surface area contributed by atoms with Crippen LogP contribution in [-0.2, 0) is 0 Å². The molecule has 0 N–H and O–H groups in total. The van der Waals surface area contributed by atoms with Gasteiger partial charge in [-0.15, -0.1) is 0 Å². The largest absolute Gasteiger partial charge is 0.298 e. The second-order valence-electron chi connectivity index (χ2n) is 7.03. The molecule has 0 radical (unpaired) electrons.